The van der Waals surface area contributed by atoms with Crippen LogP contribution in [-0.4, -0.2) is 11.6 Å². The highest BCUT2D eigenvalue weighted by molar-refractivity contribution is 5.45. The van der Waals surface area contributed by atoms with Gasteiger partial charge in [0.15, 0.2) is 0 Å². The lowest BCUT2D eigenvalue weighted by Gasteiger charge is -2.19. The molecule has 1 aromatic rings. The fourth-order valence-corrected chi connectivity index (χ4v) is 2.35. The summed E-state index contributed by atoms with van der Waals surface area (Å²) in [5.41, 5.74) is 2.45. The molecule has 0 saturated carbocycles. The Labute approximate surface area is 110 Å². The quantitative estimate of drug-likeness (QED) is 0.821. The standard InChI is InChI=1S/C16H21NO/c1-5-7-12(2)17-11-14-9-6-8-13-10-16(3,4)18-15(13)14/h1,6,8-9,12,17H,7,10-11H2,2-4H3. The summed E-state index contributed by atoms with van der Waals surface area (Å²) in [5.74, 6) is 3.73. The number of rotatable bonds is 4. The van der Waals surface area contributed by atoms with Crippen LogP contribution in [0, 0.1) is 12.3 Å². The molecule has 0 bridgehead atoms. The lowest BCUT2D eigenvalue weighted by atomic mass is 10.0. The monoisotopic (exact) mass is 243 g/mol. The topological polar surface area (TPSA) is 21.3 Å². The van der Waals surface area contributed by atoms with Crippen LogP contribution in [0.15, 0.2) is 18.2 Å². The van der Waals surface area contributed by atoms with Crippen LogP contribution in [-0.2, 0) is 13.0 Å². The smallest absolute Gasteiger partial charge is 0.127 e. The van der Waals surface area contributed by atoms with Gasteiger partial charge < -0.3 is 10.1 Å². The predicted molar refractivity (Wildman–Crippen MR) is 74.6 cm³/mol. The van der Waals surface area contributed by atoms with Gasteiger partial charge in [-0.2, -0.15) is 0 Å². The Morgan fingerprint density at radius 3 is 3.00 bits per heavy atom. The summed E-state index contributed by atoms with van der Waals surface area (Å²) in [5, 5.41) is 3.43. The van der Waals surface area contributed by atoms with Crippen LogP contribution in [0.4, 0.5) is 0 Å². The van der Waals surface area contributed by atoms with Crippen molar-refractivity contribution in [2.75, 3.05) is 0 Å². The van der Waals surface area contributed by atoms with Crippen molar-refractivity contribution in [2.24, 2.45) is 0 Å². The number of fused-ring (bicyclic) bond motifs is 1. The average molecular weight is 243 g/mol. The minimum atomic E-state index is -0.0805. The van der Waals surface area contributed by atoms with Crippen LogP contribution in [0.3, 0.4) is 0 Å². The molecule has 18 heavy (non-hydrogen) atoms. The van der Waals surface area contributed by atoms with E-state index in [9.17, 15) is 0 Å². The van der Waals surface area contributed by atoms with Gasteiger partial charge in [0.25, 0.3) is 0 Å². The molecular formula is C16H21NO. The van der Waals surface area contributed by atoms with E-state index in [1.165, 1.54) is 11.1 Å². The first-order chi connectivity index (χ1) is 8.52. The Hall–Kier alpha value is -1.46. The third kappa shape index (κ3) is 2.86. The fraction of sp³-hybridized carbons (Fsp3) is 0.500. The minimum Gasteiger partial charge on any atom is -0.487 e. The fourth-order valence-electron chi connectivity index (χ4n) is 2.35. The molecule has 1 aliphatic rings. The highest BCUT2D eigenvalue weighted by Crippen LogP contribution is 2.37. The van der Waals surface area contributed by atoms with Crippen LogP contribution in [0.1, 0.15) is 38.3 Å². The number of para-hydroxylation sites is 1. The molecule has 2 heteroatoms. The van der Waals surface area contributed by atoms with E-state index in [4.69, 9.17) is 11.2 Å². The zero-order valence-corrected chi connectivity index (χ0v) is 11.4. The van der Waals surface area contributed by atoms with Gasteiger partial charge in [0.1, 0.15) is 11.4 Å². The zero-order chi connectivity index (χ0) is 13.2. The molecule has 2 nitrogen and oxygen atoms in total. The largest absolute Gasteiger partial charge is 0.487 e. The summed E-state index contributed by atoms with van der Waals surface area (Å²) >= 11 is 0. The molecule has 2 rings (SSSR count). The molecule has 0 radical (unpaired) electrons. The molecule has 1 aliphatic heterocycles. The first-order valence-electron chi connectivity index (χ1n) is 6.48. The normalized spacial score (nSPS) is 17.7. The lowest BCUT2D eigenvalue weighted by Crippen LogP contribution is -2.26. The molecule has 0 spiro atoms. The van der Waals surface area contributed by atoms with Gasteiger partial charge in [0, 0.05) is 31.0 Å². The van der Waals surface area contributed by atoms with Crippen molar-refractivity contribution in [3.63, 3.8) is 0 Å². The van der Waals surface area contributed by atoms with Gasteiger partial charge in [-0.25, -0.2) is 0 Å². The first kappa shape index (κ1) is 13.0. The lowest BCUT2D eigenvalue weighted by molar-refractivity contribution is 0.137. The number of ether oxygens (including phenoxy) is 1. The van der Waals surface area contributed by atoms with E-state index in [2.05, 4.69) is 50.2 Å². The van der Waals surface area contributed by atoms with Gasteiger partial charge in [0.05, 0.1) is 0 Å². The van der Waals surface area contributed by atoms with Crippen LogP contribution >= 0.6 is 0 Å². The zero-order valence-electron chi connectivity index (χ0n) is 11.4. The number of hydrogen-bond acceptors (Lipinski definition) is 2. The summed E-state index contributed by atoms with van der Waals surface area (Å²) in [7, 11) is 0. The van der Waals surface area contributed by atoms with E-state index < -0.39 is 0 Å². The van der Waals surface area contributed by atoms with Crippen molar-refractivity contribution in [1.29, 1.82) is 0 Å². The molecule has 1 unspecified atom stereocenters. The molecule has 0 fully saturated rings. The second-order valence-corrected chi connectivity index (χ2v) is 5.63. The van der Waals surface area contributed by atoms with E-state index in [0.717, 1.165) is 25.1 Å². The number of benzene rings is 1. The molecular weight excluding hydrogens is 222 g/mol. The maximum Gasteiger partial charge on any atom is 0.127 e. The highest BCUT2D eigenvalue weighted by atomic mass is 16.5. The van der Waals surface area contributed by atoms with Crippen LogP contribution in [0.25, 0.3) is 0 Å². The highest BCUT2D eigenvalue weighted by Gasteiger charge is 2.31. The molecule has 96 valence electrons. The Morgan fingerprint density at radius 1 is 1.50 bits per heavy atom. The first-order valence-corrected chi connectivity index (χ1v) is 6.48. The Bertz CT molecular complexity index is 470. The molecule has 0 aliphatic carbocycles. The number of hydrogen-bond donors (Lipinski definition) is 1. The Kier molecular flexibility index (Phi) is 3.63. The van der Waals surface area contributed by atoms with E-state index in [1.54, 1.807) is 0 Å². The van der Waals surface area contributed by atoms with Gasteiger partial charge in [-0.05, 0) is 26.3 Å². The third-order valence-electron chi connectivity index (χ3n) is 3.24. The maximum atomic E-state index is 6.04. The summed E-state index contributed by atoms with van der Waals surface area (Å²) < 4.78 is 6.04. The predicted octanol–water partition coefficient (Wildman–Crippen LogP) is 2.90. The summed E-state index contributed by atoms with van der Waals surface area (Å²) in [6.07, 6.45) is 7.04. The molecule has 1 N–H and O–H groups in total. The van der Waals surface area contributed by atoms with Crippen molar-refractivity contribution in [2.45, 2.75) is 51.8 Å². The van der Waals surface area contributed by atoms with Crippen LogP contribution in [0.2, 0.25) is 0 Å². The SMILES string of the molecule is C#CCC(C)NCc1cccc2c1OC(C)(C)C2. The van der Waals surface area contributed by atoms with Crippen molar-refractivity contribution in [3.05, 3.63) is 29.3 Å². The second-order valence-electron chi connectivity index (χ2n) is 5.63. The van der Waals surface area contributed by atoms with Crippen LogP contribution in [0.5, 0.6) is 5.75 Å². The Balaban J connectivity index is 2.08. The van der Waals surface area contributed by atoms with Gasteiger partial charge in [0.2, 0.25) is 0 Å². The summed E-state index contributed by atoms with van der Waals surface area (Å²) in [4.78, 5) is 0. The van der Waals surface area contributed by atoms with Crippen molar-refractivity contribution in [1.82, 2.24) is 5.32 Å². The third-order valence-corrected chi connectivity index (χ3v) is 3.24. The maximum absolute atomic E-state index is 6.04. The van der Waals surface area contributed by atoms with Crippen molar-refractivity contribution < 1.29 is 4.74 Å². The summed E-state index contributed by atoms with van der Waals surface area (Å²) in [6.45, 7) is 7.17. The van der Waals surface area contributed by atoms with E-state index in [-0.39, 0.29) is 5.60 Å². The Morgan fingerprint density at radius 2 is 2.28 bits per heavy atom. The van der Waals surface area contributed by atoms with Crippen molar-refractivity contribution in [3.8, 4) is 18.1 Å². The van der Waals surface area contributed by atoms with Gasteiger partial charge in [-0.1, -0.05) is 18.2 Å². The molecule has 0 aromatic heterocycles. The molecule has 1 atom stereocenters. The number of terminal acetylenes is 1. The van der Waals surface area contributed by atoms with E-state index >= 15 is 0 Å². The van der Waals surface area contributed by atoms with Crippen molar-refractivity contribution >= 4 is 0 Å². The molecule has 1 aromatic carbocycles. The van der Waals surface area contributed by atoms with E-state index in [0.29, 0.717) is 6.04 Å². The second kappa shape index (κ2) is 5.04. The van der Waals surface area contributed by atoms with Gasteiger partial charge in [-0.3, -0.25) is 0 Å². The summed E-state index contributed by atoms with van der Waals surface area (Å²) in [6, 6.07) is 6.71. The van der Waals surface area contributed by atoms with Gasteiger partial charge in [-0.15, -0.1) is 12.3 Å². The average Bonchev–Trinajstić information content (AvgIpc) is 2.61. The van der Waals surface area contributed by atoms with Gasteiger partial charge >= 0.3 is 0 Å². The number of nitrogens with one attached hydrogen (secondary N) is 1. The molecule has 0 amide bonds. The molecule has 1 heterocycles. The van der Waals surface area contributed by atoms with E-state index in [1.807, 2.05) is 0 Å². The molecule has 0 saturated heterocycles. The minimum absolute atomic E-state index is 0.0805. The van der Waals surface area contributed by atoms with Crippen LogP contribution < -0.4 is 10.1 Å².